The minimum atomic E-state index is -0.282. The smallest absolute Gasteiger partial charge is 0.233 e. The summed E-state index contributed by atoms with van der Waals surface area (Å²) >= 11 is 7.43. The van der Waals surface area contributed by atoms with E-state index in [9.17, 15) is 4.79 Å². The van der Waals surface area contributed by atoms with Gasteiger partial charge in [-0.2, -0.15) is 0 Å². The molecule has 116 valence electrons. The van der Waals surface area contributed by atoms with Gasteiger partial charge in [-0.05, 0) is 18.6 Å². The minimum Gasteiger partial charge on any atom is -0.351 e. The molecule has 0 aliphatic rings. The highest BCUT2D eigenvalue weighted by Gasteiger charge is 2.17. The highest BCUT2D eigenvalue weighted by atomic mass is 35.5. The molecule has 0 unspecified atom stereocenters. The molecule has 1 atom stereocenters. The molecule has 2 aromatic rings. The van der Waals surface area contributed by atoms with Gasteiger partial charge in [0.2, 0.25) is 5.91 Å². The number of rotatable bonds is 7. The van der Waals surface area contributed by atoms with Crippen molar-refractivity contribution < 1.29 is 4.79 Å². The normalized spacial score (nSPS) is 11.9. The number of halogens is 1. The number of allylic oxidation sites excluding steroid dienone is 1. The third kappa shape index (κ3) is 4.35. The number of nitrogens with zero attached hydrogens (tertiary/aromatic N) is 3. The first-order valence-corrected chi connectivity index (χ1v) is 8.04. The Hall–Kier alpha value is -1.79. The molecule has 7 heteroatoms. The van der Waals surface area contributed by atoms with Crippen LogP contribution < -0.4 is 5.32 Å². The van der Waals surface area contributed by atoms with Crippen molar-refractivity contribution in [1.82, 2.24) is 20.1 Å². The van der Waals surface area contributed by atoms with Crippen LogP contribution in [0.5, 0.6) is 0 Å². The molecule has 0 aliphatic carbocycles. The molecular weight excluding hydrogens is 320 g/mol. The molecule has 0 spiro atoms. The minimum absolute atomic E-state index is 0.0712. The van der Waals surface area contributed by atoms with Crippen LogP contribution in [-0.2, 0) is 17.9 Å². The zero-order valence-electron chi connectivity index (χ0n) is 12.2. The van der Waals surface area contributed by atoms with Crippen molar-refractivity contribution in [1.29, 1.82) is 0 Å². The molecule has 5 nitrogen and oxygen atoms in total. The molecule has 0 bridgehead atoms. The zero-order valence-corrected chi connectivity index (χ0v) is 13.8. The summed E-state index contributed by atoms with van der Waals surface area (Å²) in [6.45, 7) is 6.54. The van der Waals surface area contributed by atoms with Gasteiger partial charge in [0.1, 0.15) is 6.33 Å². The Morgan fingerprint density at radius 1 is 1.55 bits per heavy atom. The van der Waals surface area contributed by atoms with E-state index >= 15 is 0 Å². The van der Waals surface area contributed by atoms with Crippen molar-refractivity contribution in [3.63, 3.8) is 0 Å². The monoisotopic (exact) mass is 336 g/mol. The van der Waals surface area contributed by atoms with Gasteiger partial charge in [-0.1, -0.05) is 47.6 Å². The number of hydrogen-bond donors (Lipinski definition) is 1. The predicted molar refractivity (Wildman–Crippen MR) is 88.8 cm³/mol. The average molecular weight is 337 g/mol. The molecule has 0 aliphatic heterocycles. The van der Waals surface area contributed by atoms with Crippen LogP contribution in [0.4, 0.5) is 0 Å². The highest BCUT2D eigenvalue weighted by Crippen LogP contribution is 2.21. The molecule has 1 aromatic heterocycles. The Balaban J connectivity index is 1.91. The van der Waals surface area contributed by atoms with Crippen molar-refractivity contribution >= 4 is 29.3 Å². The van der Waals surface area contributed by atoms with Gasteiger partial charge in [-0.25, -0.2) is 0 Å². The van der Waals surface area contributed by atoms with Gasteiger partial charge in [0.05, 0.1) is 5.25 Å². The van der Waals surface area contributed by atoms with E-state index in [1.165, 1.54) is 11.8 Å². The lowest BCUT2D eigenvalue weighted by molar-refractivity contribution is -0.120. The molecule has 1 heterocycles. The van der Waals surface area contributed by atoms with Crippen LogP contribution in [-0.4, -0.2) is 25.9 Å². The van der Waals surface area contributed by atoms with Crippen LogP contribution in [0.15, 0.2) is 48.4 Å². The Morgan fingerprint density at radius 3 is 3.05 bits per heavy atom. The van der Waals surface area contributed by atoms with E-state index in [1.807, 2.05) is 29.7 Å². The van der Waals surface area contributed by atoms with Crippen LogP contribution >= 0.6 is 23.4 Å². The number of carbonyl (C=O) groups excluding carboxylic acids is 1. The molecule has 0 saturated heterocycles. The summed E-state index contributed by atoms with van der Waals surface area (Å²) in [4.78, 5) is 12.2. The second kappa shape index (κ2) is 8.00. The molecule has 22 heavy (non-hydrogen) atoms. The molecule has 2 rings (SSSR count). The van der Waals surface area contributed by atoms with Crippen LogP contribution in [0.2, 0.25) is 5.02 Å². The van der Waals surface area contributed by atoms with Crippen LogP contribution in [0.25, 0.3) is 0 Å². The van der Waals surface area contributed by atoms with Crippen molar-refractivity contribution in [3.8, 4) is 0 Å². The first-order valence-electron chi connectivity index (χ1n) is 6.78. The maximum Gasteiger partial charge on any atom is 0.233 e. The summed E-state index contributed by atoms with van der Waals surface area (Å²) in [6.07, 6.45) is 3.38. The number of hydrogen-bond acceptors (Lipinski definition) is 4. The van der Waals surface area contributed by atoms with E-state index in [-0.39, 0.29) is 11.2 Å². The second-order valence-electron chi connectivity index (χ2n) is 4.62. The van der Waals surface area contributed by atoms with Gasteiger partial charge in [0.15, 0.2) is 5.16 Å². The molecule has 0 radical (unpaired) electrons. The fourth-order valence-electron chi connectivity index (χ4n) is 1.78. The topological polar surface area (TPSA) is 59.8 Å². The van der Waals surface area contributed by atoms with E-state index in [1.54, 1.807) is 18.5 Å². The molecular formula is C15H17ClN4OS. The van der Waals surface area contributed by atoms with Crippen molar-refractivity contribution in [2.24, 2.45) is 0 Å². The van der Waals surface area contributed by atoms with Crippen LogP contribution in [0.1, 0.15) is 12.5 Å². The van der Waals surface area contributed by atoms with Crippen molar-refractivity contribution in [2.45, 2.75) is 30.4 Å². The lowest BCUT2D eigenvalue weighted by Crippen LogP contribution is -2.30. The van der Waals surface area contributed by atoms with Crippen molar-refractivity contribution in [3.05, 3.63) is 53.8 Å². The standard InChI is InChI=1S/C15H17ClN4OS/c1-3-8-20-10-18-19-15(20)22-11(2)14(21)17-9-12-6-4-5-7-13(12)16/h3-7,10-11H,1,8-9H2,2H3,(H,17,21)/t11-/m1/s1. The number of amides is 1. The largest absolute Gasteiger partial charge is 0.351 e. The number of carbonyl (C=O) groups is 1. The Kier molecular flexibility index (Phi) is 6.03. The molecule has 0 saturated carbocycles. The first-order chi connectivity index (χ1) is 10.6. The van der Waals surface area contributed by atoms with Crippen molar-refractivity contribution in [2.75, 3.05) is 0 Å². The average Bonchev–Trinajstić information content (AvgIpc) is 2.93. The van der Waals surface area contributed by atoms with Gasteiger partial charge >= 0.3 is 0 Å². The second-order valence-corrected chi connectivity index (χ2v) is 6.34. The van der Waals surface area contributed by atoms with E-state index in [4.69, 9.17) is 11.6 Å². The lowest BCUT2D eigenvalue weighted by atomic mass is 10.2. The third-order valence-electron chi connectivity index (χ3n) is 2.97. The quantitative estimate of drug-likeness (QED) is 0.624. The van der Waals surface area contributed by atoms with Gasteiger partial charge < -0.3 is 9.88 Å². The summed E-state index contributed by atoms with van der Waals surface area (Å²) in [6, 6.07) is 7.45. The zero-order chi connectivity index (χ0) is 15.9. The lowest BCUT2D eigenvalue weighted by Gasteiger charge is -2.12. The number of thioether (sulfide) groups is 1. The van der Waals surface area contributed by atoms with Gasteiger partial charge in [-0.15, -0.1) is 16.8 Å². The van der Waals surface area contributed by atoms with Crippen LogP contribution in [0, 0.1) is 0 Å². The maximum atomic E-state index is 12.2. The summed E-state index contributed by atoms with van der Waals surface area (Å²) < 4.78 is 1.84. The fraction of sp³-hybridized carbons (Fsp3) is 0.267. The van der Waals surface area contributed by atoms with E-state index in [2.05, 4.69) is 22.1 Å². The Bertz CT molecular complexity index is 658. The first kappa shape index (κ1) is 16.6. The van der Waals surface area contributed by atoms with Crippen LogP contribution in [0.3, 0.4) is 0 Å². The van der Waals surface area contributed by atoms with Gasteiger partial charge in [0.25, 0.3) is 0 Å². The van der Waals surface area contributed by atoms with Gasteiger partial charge in [-0.3, -0.25) is 4.79 Å². The maximum absolute atomic E-state index is 12.2. The summed E-state index contributed by atoms with van der Waals surface area (Å²) in [5.74, 6) is -0.0712. The fourth-order valence-corrected chi connectivity index (χ4v) is 2.84. The Labute approximate surface area is 138 Å². The number of aromatic nitrogens is 3. The molecule has 1 aromatic carbocycles. The predicted octanol–water partition coefficient (Wildman–Crippen LogP) is 2.91. The number of benzene rings is 1. The van der Waals surface area contributed by atoms with E-state index < -0.39 is 0 Å². The molecule has 1 amide bonds. The van der Waals surface area contributed by atoms with E-state index in [0.717, 1.165) is 5.56 Å². The Morgan fingerprint density at radius 2 is 2.32 bits per heavy atom. The summed E-state index contributed by atoms with van der Waals surface area (Å²) in [5.41, 5.74) is 0.893. The molecule has 0 fully saturated rings. The molecule has 1 N–H and O–H groups in total. The highest BCUT2D eigenvalue weighted by molar-refractivity contribution is 8.00. The third-order valence-corrected chi connectivity index (χ3v) is 4.43. The van der Waals surface area contributed by atoms with E-state index in [0.29, 0.717) is 23.3 Å². The summed E-state index contributed by atoms with van der Waals surface area (Å²) in [5, 5.41) is 11.8. The summed E-state index contributed by atoms with van der Waals surface area (Å²) in [7, 11) is 0. The van der Waals surface area contributed by atoms with Gasteiger partial charge in [0, 0.05) is 18.1 Å². The number of nitrogens with one attached hydrogen (secondary N) is 1. The SMILES string of the molecule is C=CCn1cnnc1S[C@H](C)C(=O)NCc1ccccc1Cl.